The van der Waals surface area contributed by atoms with Gasteiger partial charge in [0.15, 0.2) is 5.03 Å². The number of imidazole rings is 1. The van der Waals surface area contributed by atoms with Crippen molar-refractivity contribution in [2.75, 3.05) is 18.4 Å². The van der Waals surface area contributed by atoms with E-state index in [0.29, 0.717) is 36.9 Å². The number of hydrogen-bond donors (Lipinski definition) is 1. The van der Waals surface area contributed by atoms with Gasteiger partial charge in [0.05, 0.1) is 0 Å². The van der Waals surface area contributed by atoms with Gasteiger partial charge in [0.25, 0.3) is 10.0 Å². The van der Waals surface area contributed by atoms with Crippen LogP contribution in [0.5, 0.6) is 0 Å². The van der Waals surface area contributed by atoms with Gasteiger partial charge in [-0.05, 0) is 26.2 Å². The monoisotopic (exact) mass is 426 g/mol. The zero-order valence-corrected chi connectivity index (χ0v) is 18.0. The van der Waals surface area contributed by atoms with Crippen molar-refractivity contribution in [1.29, 1.82) is 0 Å². The molecule has 0 unspecified atom stereocenters. The van der Waals surface area contributed by atoms with E-state index in [9.17, 15) is 13.2 Å². The minimum atomic E-state index is -3.63. The Morgan fingerprint density at radius 3 is 2.64 bits per heavy atom. The van der Waals surface area contributed by atoms with Crippen LogP contribution in [0.4, 0.5) is 5.13 Å². The smallest absolute Gasteiger partial charge is 0.262 e. The molecule has 3 heterocycles. The van der Waals surface area contributed by atoms with Crippen LogP contribution >= 0.6 is 11.3 Å². The summed E-state index contributed by atoms with van der Waals surface area (Å²) in [5.41, 5.74) is 0. The molecule has 28 heavy (non-hydrogen) atoms. The highest BCUT2D eigenvalue weighted by Gasteiger charge is 2.33. The Bertz CT molecular complexity index is 909. The highest BCUT2D eigenvalue weighted by molar-refractivity contribution is 7.89. The standard InChI is InChI=1S/C17H26N6O3S2/c1-4-5-6-14-20-21-17(27-14)19-16(24)13-7-9-23(10-8-13)28(25,26)15-11-22(3)12(2)18-15/h11,13H,4-10H2,1-3H3,(H,19,21,24). The van der Waals surface area contributed by atoms with E-state index in [0.717, 1.165) is 24.3 Å². The van der Waals surface area contributed by atoms with Crippen LogP contribution in [-0.2, 0) is 28.3 Å². The number of hydrogen-bond acceptors (Lipinski definition) is 7. The van der Waals surface area contributed by atoms with Gasteiger partial charge in [0.1, 0.15) is 10.8 Å². The van der Waals surface area contributed by atoms with E-state index in [1.54, 1.807) is 18.5 Å². The lowest BCUT2D eigenvalue weighted by Gasteiger charge is -2.29. The molecule has 1 saturated heterocycles. The van der Waals surface area contributed by atoms with Crippen LogP contribution in [0.2, 0.25) is 0 Å². The average molecular weight is 427 g/mol. The van der Waals surface area contributed by atoms with E-state index in [1.165, 1.54) is 21.8 Å². The van der Waals surface area contributed by atoms with Crippen molar-refractivity contribution in [3.63, 3.8) is 0 Å². The zero-order chi connectivity index (χ0) is 20.3. The van der Waals surface area contributed by atoms with Gasteiger partial charge in [-0.15, -0.1) is 10.2 Å². The number of aromatic nitrogens is 4. The van der Waals surface area contributed by atoms with Crippen molar-refractivity contribution >= 4 is 32.4 Å². The first kappa shape index (κ1) is 20.9. The molecular weight excluding hydrogens is 400 g/mol. The van der Waals surface area contributed by atoms with E-state index >= 15 is 0 Å². The fraction of sp³-hybridized carbons (Fsp3) is 0.647. The number of amides is 1. The van der Waals surface area contributed by atoms with Crippen LogP contribution in [0.25, 0.3) is 0 Å². The SMILES string of the molecule is CCCCc1nnc(NC(=O)C2CCN(S(=O)(=O)c3cn(C)c(C)n3)CC2)s1. The van der Waals surface area contributed by atoms with Crippen molar-refractivity contribution in [3.8, 4) is 0 Å². The maximum atomic E-state index is 12.7. The molecule has 11 heteroatoms. The number of nitrogens with zero attached hydrogens (tertiary/aromatic N) is 5. The molecule has 9 nitrogen and oxygen atoms in total. The lowest BCUT2D eigenvalue weighted by atomic mass is 9.97. The number of rotatable bonds is 7. The molecular formula is C17H26N6O3S2. The number of carbonyl (C=O) groups is 1. The van der Waals surface area contributed by atoms with Gasteiger partial charge >= 0.3 is 0 Å². The number of nitrogens with one attached hydrogen (secondary N) is 1. The molecule has 0 spiro atoms. The molecule has 0 bridgehead atoms. The second-order valence-electron chi connectivity index (χ2n) is 7.01. The van der Waals surface area contributed by atoms with Crippen LogP contribution in [-0.4, -0.2) is 51.5 Å². The van der Waals surface area contributed by atoms with Gasteiger partial charge in [-0.25, -0.2) is 13.4 Å². The quantitative estimate of drug-likeness (QED) is 0.725. The summed E-state index contributed by atoms with van der Waals surface area (Å²) >= 11 is 1.40. The van der Waals surface area contributed by atoms with Gasteiger partial charge in [-0.1, -0.05) is 24.7 Å². The molecule has 0 radical (unpaired) electrons. The fourth-order valence-electron chi connectivity index (χ4n) is 3.08. The van der Waals surface area contributed by atoms with E-state index < -0.39 is 10.0 Å². The third kappa shape index (κ3) is 4.58. The predicted octanol–water partition coefficient (Wildman–Crippen LogP) is 1.96. The summed E-state index contributed by atoms with van der Waals surface area (Å²) in [6.07, 6.45) is 5.46. The summed E-state index contributed by atoms with van der Waals surface area (Å²) in [6.45, 7) is 4.48. The maximum absolute atomic E-state index is 12.7. The molecule has 3 rings (SSSR count). The molecule has 1 amide bonds. The van der Waals surface area contributed by atoms with E-state index in [-0.39, 0.29) is 16.9 Å². The largest absolute Gasteiger partial charge is 0.337 e. The van der Waals surface area contributed by atoms with Gasteiger partial charge < -0.3 is 9.88 Å². The molecule has 2 aromatic heterocycles. The third-order valence-corrected chi connectivity index (χ3v) is 7.63. The molecule has 0 aromatic carbocycles. The van der Waals surface area contributed by atoms with Crippen molar-refractivity contribution in [3.05, 3.63) is 17.0 Å². The summed E-state index contributed by atoms with van der Waals surface area (Å²) < 4.78 is 28.6. The topological polar surface area (TPSA) is 110 Å². The van der Waals surface area contributed by atoms with E-state index in [2.05, 4.69) is 27.4 Å². The van der Waals surface area contributed by atoms with E-state index in [4.69, 9.17) is 0 Å². The highest BCUT2D eigenvalue weighted by Crippen LogP contribution is 2.25. The maximum Gasteiger partial charge on any atom is 0.262 e. The lowest BCUT2D eigenvalue weighted by Crippen LogP contribution is -2.41. The summed E-state index contributed by atoms with van der Waals surface area (Å²) in [5, 5.41) is 12.4. The summed E-state index contributed by atoms with van der Waals surface area (Å²) in [6, 6.07) is 0. The molecule has 1 fully saturated rings. The first-order valence-corrected chi connectivity index (χ1v) is 11.7. The molecule has 154 valence electrons. The fourth-order valence-corrected chi connectivity index (χ4v) is 5.36. The van der Waals surface area contributed by atoms with Crippen molar-refractivity contribution < 1.29 is 13.2 Å². The Labute approximate surface area is 169 Å². The molecule has 0 aliphatic carbocycles. The normalized spacial score (nSPS) is 16.4. The van der Waals surface area contributed by atoms with Gasteiger partial charge in [-0.3, -0.25) is 4.79 Å². The lowest BCUT2D eigenvalue weighted by molar-refractivity contribution is -0.120. The summed E-state index contributed by atoms with van der Waals surface area (Å²) in [7, 11) is -1.86. The minimum Gasteiger partial charge on any atom is -0.337 e. The first-order valence-electron chi connectivity index (χ1n) is 9.44. The molecule has 2 aromatic rings. The Hall–Kier alpha value is -1.85. The Morgan fingerprint density at radius 1 is 1.32 bits per heavy atom. The van der Waals surface area contributed by atoms with Crippen LogP contribution < -0.4 is 5.32 Å². The first-order chi connectivity index (χ1) is 13.3. The Balaban J connectivity index is 1.56. The van der Waals surface area contributed by atoms with Crippen molar-refractivity contribution in [2.45, 2.75) is 51.0 Å². The van der Waals surface area contributed by atoms with Crippen LogP contribution in [0, 0.1) is 12.8 Å². The molecule has 0 atom stereocenters. The number of anilines is 1. The van der Waals surface area contributed by atoms with Crippen LogP contribution in [0.3, 0.4) is 0 Å². The molecule has 0 saturated carbocycles. The third-order valence-electron chi connectivity index (χ3n) is 4.96. The zero-order valence-electron chi connectivity index (χ0n) is 16.4. The summed E-state index contributed by atoms with van der Waals surface area (Å²) in [5.74, 6) is 0.284. The number of aryl methyl sites for hydroxylation is 3. The summed E-state index contributed by atoms with van der Waals surface area (Å²) in [4.78, 5) is 16.6. The average Bonchev–Trinajstić information content (AvgIpc) is 3.26. The Kier molecular flexibility index (Phi) is 6.46. The highest BCUT2D eigenvalue weighted by atomic mass is 32.2. The van der Waals surface area contributed by atoms with Gasteiger partial charge in [-0.2, -0.15) is 4.31 Å². The number of piperidine rings is 1. The number of sulfonamides is 1. The predicted molar refractivity (Wildman–Crippen MR) is 107 cm³/mol. The minimum absolute atomic E-state index is 0.0591. The van der Waals surface area contributed by atoms with Crippen molar-refractivity contribution in [2.24, 2.45) is 13.0 Å². The van der Waals surface area contributed by atoms with Crippen molar-refractivity contribution in [1.82, 2.24) is 24.1 Å². The van der Waals surface area contributed by atoms with Gasteiger partial charge in [0, 0.05) is 38.7 Å². The van der Waals surface area contributed by atoms with Crippen LogP contribution in [0.1, 0.15) is 43.4 Å². The van der Waals surface area contributed by atoms with Crippen LogP contribution in [0.15, 0.2) is 11.2 Å². The van der Waals surface area contributed by atoms with Gasteiger partial charge in [0.2, 0.25) is 11.0 Å². The second kappa shape index (κ2) is 8.66. The molecule has 1 aliphatic rings. The van der Waals surface area contributed by atoms with E-state index in [1.807, 2.05) is 0 Å². The Morgan fingerprint density at radius 2 is 2.04 bits per heavy atom. The number of unbranched alkanes of at least 4 members (excludes halogenated alkanes) is 1. The second-order valence-corrected chi connectivity index (χ2v) is 9.96. The molecule has 1 N–H and O–H groups in total. The molecule has 1 aliphatic heterocycles. The number of carbonyl (C=O) groups excluding carboxylic acids is 1.